The molecule has 0 aliphatic heterocycles. The SMILES string of the molecule is Cc1ccc(C(=O)Nc2cccc(OC(F)(F)F)c2)cc1Nc1nc(-c2ccc(S)cc2)c2[nH]ccc2n1. The van der Waals surface area contributed by atoms with E-state index in [-0.39, 0.29) is 11.3 Å². The molecule has 0 unspecified atom stereocenters. The van der Waals surface area contributed by atoms with E-state index in [9.17, 15) is 18.0 Å². The summed E-state index contributed by atoms with van der Waals surface area (Å²) >= 11 is 4.34. The minimum absolute atomic E-state index is 0.157. The number of alkyl halides is 3. The highest BCUT2D eigenvalue weighted by atomic mass is 32.1. The van der Waals surface area contributed by atoms with Gasteiger partial charge < -0.3 is 20.4 Å². The van der Waals surface area contributed by atoms with Gasteiger partial charge in [0.2, 0.25) is 5.95 Å². The molecular weight excluding hydrogens is 515 g/mol. The Morgan fingerprint density at radius 1 is 1.00 bits per heavy atom. The van der Waals surface area contributed by atoms with Crippen LogP contribution in [0.5, 0.6) is 5.75 Å². The molecule has 3 N–H and O–H groups in total. The topological polar surface area (TPSA) is 91.9 Å². The van der Waals surface area contributed by atoms with E-state index in [2.05, 4.69) is 38.0 Å². The molecule has 5 aromatic rings. The van der Waals surface area contributed by atoms with Crippen molar-refractivity contribution >= 4 is 46.9 Å². The van der Waals surface area contributed by atoms with Gasteiger partial charge in [0.25, 0.3) is 5.91 Å². The molecule has 0 saturated carbocycles. The van der Waals surface area contributed by atoms with Crippen LogP contribution in [-0.2, 0) is 0 Å². The van der Waals surface area contributed by atoms with Crippen LogP contribution in [0, 0.1) is 6.92 Å². The second-order valence-electron chi connectivity index (χ2n) is 8.37. The summed E-state index contributed by atoms with van der Waals surface area (Å²) in [6.45, 7) is 1.86. The maximum atomic E-state index is 12.9. The zero-order chi connectivity index (χ0) is 26.9. The van der Waals surface area contributed by atoms with Crippen molar-refractivity contribution in [3.8, 4) is 17.0 Å². The largest absolute Gasteiger partial charge is 0.573 e. The van der Waals surface area contributed by atoms with Crippen molar-refractivity contribution in [3.05, 3.63) is 90.1 Å². The van der Waals surface area contributed by atoms with Gasteiger partial charge >= 0.3 is 6.36 Å². The third-order valence-corrected chi connectivity index (χ3v) is 5.92. The quantitative estimate of drug-likeness (QED) is 0.174. The number of halogens is 3. The van der Waals surface area contributed by atoms with Gasteiger partial charge in [0, 0.05) is 39.7 Å². The summed E-state index contributed by atoms with van der Waals surface area (Å²) in [7, 11) is 0. The second kappa shape index (κ2) is 10.1. The maximum Gasteiger partial charge on any atom is 0.573 e. The van der Waals surface area contributed by atoms with Crippen molar-refractivity contribution in [1.82, 2.24) is 15.0 Å². The van der Waals surface area contributed by atoms with Gasteiger partial charge in [-0.25, -0.2) is 9.97 Å². The summed E-state index contributed by atoms with van der Waals surface area (Å²) in [5.74, 6) is -0.606. The van der Waals surface area contributed by atoms with Crippen LogP contribution in [-0.4, -0.2) is 27.2 Å². The van der Waals surface area contributed by atoms with Gasteiger partial charge in [0.05, 0.1) is 16.7 Å². The van der Waals surface area contributed by atoms with Crippen molar-refractivity contribution in [2.75, 3.05) is 10.6 Å². The van der Waals surface area contributed by atoms with E-state index in [0.717, 1.165) is 33.7 Å². The lowest BCUT2D eigenvalue weighted by molar-refractivity contribution is -0.274. The Morgan fingerprint density at radius 2 is 1.79 bits per heavy atom. The fraction of sp³-hybridized carbons (Fsp3) is 0.0741. The minimum atomic E-state index is -4.83. The van der Waals surface area contributed by atoms with Crippen molar-refractivity contribution < 1.29 is 22.7 Å². The molecule has 192 valence electrons. The maximum absolute atomic E-state index is 12.9. The molecule has 3 aromatic carbocycles. The number of hydrogen-bond donors (Lipinski definition) is 4. The van der Waals surface area contributed by atoms with E-state index in [1.807, 2.05) is 37.3 Å². The predicted octanol–water partition coefficient (Wildman–Crippen LogP) is 7.12. The average molecular weight is 536 g/mol. The fourth-order valence-electron chi connectivity index (χ4n) is 3.82. The third kappa shape index (κ3) is 5.73. The van der Waals surface area contributed by atoms with E-state index in [0.29, 0.717) is 22.8 Å². The summed E-state index contributed by atoms with van der Waals surface area (Å²) in [4.78, 5) is 26.2. The number of ether oxygens (including phenoxy) is 1. The van der Waals surface area contributed by atoms with E-state index >= 15 is 0 Å². The van der Waals surface area contributed by atoms with Crippen LogP contribution in [0.15, 0.2) is 83.9 Å². The number of nitrogens with zero attached hydrogens (tertiary/aromatic N) is 2. The Hall–Kier alpha value is -4.51. The summed E-state index contributed by atoms with van der Waals surface area (Å²) < 4.78 is 41.5. The molecule has 0 radical (unpaired) electrons. The smallest absolute Gasteiger partial charge is 0.406 e. The molecule has 0 aliphatic rings. The monoisotopic (exact) mass is 535 g/mol. The molecule has 0 saturated heterocycles. The van der Waals surface area contributed by atoms with Gasteiger partial charge in [0.15, 0.2) is 0 Å². The van der Waals surface area contributed by atoms with Crippen LogP contribution >= 0.6 is 12.6 Å². The Labute approximate surface area is 220 Å². The molecule has 0 aliphatic carbocycles. The number of aromatic nitrogens is 3. The zero-order valence-corrected chi connectivity index (χ0v) is 20.7. The van der Waals surface area contributed by atoms with Crippen LogP contribution in [0.2, 0.25) is 0 Å². The van der Waals surface area contributed by atoms with Crippen LogP contribution in [0.25, 0.3) is 22.3 Å². The van der Waals surface area contributed by atoms with Crippen molar-refractivity contribution in [3.63, 3.8) is 0 Å². The molecule has 0 spiro atoms. The molecular formula is C27H20F3N5O2S. The molecule has 2 heterocycles. The van der Waals surface area contributed by atoms with Crippen LogP contribution in [0.4, 0.5) is 30.5 Å². The van der Waals surface area contributed by atoms with Crippen LogP contribution in [0.1, 0.15) is 15.9 Å². The number of amides is 1. The lowest BCUT2D eigenvalue weighted by atomic mass is 10.1. The molecule has 0 atom stereocenters. The second-order valence-corrected chi connectivity index (χ2v) is 8.88. The minimum Gasteiger partial charge on any atom is -0.406 e. The number of nitrogens with one attached hydrogen (secondary N) is 3. The van der Waals surface area contributed by atoms with Gasteiger partial charge in [-0.15, -0.1) is 25.8 Å². The van der Waals surface area contributed by atoms with Crippen LogP contribution in [0.3, 0.4) is 0 Å². The number of benzene rings is 3. The molecule has 0 fully saturated rings. The van der Waals surface area contributed by atoms with Gasteiger partial charge in [-0.05, 0) is 55.0 Å². The van der Waals surface area contributed by atoms with Crippen molar-refractivity contribution in [2.45, 2.75) is 18.2 Å². The van der Waals surface area contributed by atoms with Gasteiger partial charge in [-0.2, -0.15) is 0 Å². The van der Waals surface area contributed by atoms with E-state index < -0.39 is 18.0 Å². The number of carbonyl (C=O) groups excluding carboxylic acids is 1. The molecule has 11 heteroatoms. The Morgan fingerprint density at radius 3 is 2.55 bits per heavy atom. The molecule has 7 nitrogen and oxygen atoms in total. The number of hydrogen-bond acceptors (Lipinski definition) is 6. The number of rotatable bonds is 6. The van der Waals surface area contributed by atoms with Crippen molar-refractivity contribution in [1.29, 1.82) is 0 Å². The standard InChI is InChI=1S/C27H20F3N5O2S/c1-15-5-6-17(25(36)32-18-3-2-4-19(14-18)37-27(28,29)30)13-22(15)34-26-33-21-11-12-31-24(21)23(35-26)16-7-9-20(38)10-8-16/h2-14,31,38H,1H3,(H,32,36)(H,33,34,35). The Balaban J connectivity index is 1.41. The third-order valence-electron chi connectivity index (χ3n) is 5.62. The number of aryl methyl sites for hydroxylation is 1. The highest BCUT2D eigenvalue weighted by Crippen LogP contribution is 2.29. The van der Waals surface area contributed by atoms with Crippen molar-refractivity contribution in [2.24, 2.45) is 0 Å². The Bertz CT molecular complexity index is 1630. The first kappa shape index (κ1) is 25.2. The number of carbonyl (C=O) groups is 1. The van der Waals surface area contributed by atoms with Gasteiger partial charge in [-0.1, -0.05) is 24.3 Å². The zero-order valence-electron chi connectivity index (χ0n) is 19.8. The summed E-state index contributed by atoms with van der Waals surface area (Å²) in [5, 5.41) is 5.79. The fourth-order valence-corrected chi connectivity index (χ4v) is 3.97. The lowest BCUT2D eigenvalue weighted by Crippen LogP contribution is -2.17. The first-order valence-corrected chi connectivity index (χ1v) is 11.8. The summed E-state index contributed by atoms with van der Waals surface area (Å²) in [6, 6.07) is 19.5. The van der Waals surface area contributed by atoms with Gasteiger partial charge in [0.1, 0.15) is 5.75 Å². The molecule has 2 aromatic heterocycles. The number of anilines is 3. The molecule has 1 amide bonds. The van der Waals surface area contributed by atoms with Gasteiger partial charge in [-0.3, -0.25) is 4.79 Å². The molecule has 5 rings (SSSR count). The first-order chi connectivity index (χ1) is 18.1. The highest BCUT2D eigenvalue weighted by Gasteiger charge is 2.31. The molecule has 0 bridgehead atoms. The highest BCUT2D eigenvalue weighted by molar-refractivity contribution is 7.80. The first-order valence-electron chi connectivity index (χ1n) is 11.3. The van der Waals surface area contributed by atoms with E-state index in [1.54, 1.807) is 24.4 Å². The van der Waals surface area contributed by atoms with Crippen LogP contribution < -0.4 is 15.4 Å². The summed E-state index contributed by atoms with van der Waals surface area (Å²) in [6.07, 6.45) is -3.05. The van der Waals surface area contributed by atoms with E-state index in [4.69, 9.17) is 4.98 Å². The number of H-pyrrole nitrogens is 1. The number of thiol groups is 1. The molecule has 38 heavy (non-hydrogen) atoms. The average Bonchev–Trinajstić information content (AvgIpc) is 3.33. The normalized spacial score (nSPS) is 11.4. The summed E-state index contributed by atoms with van der Waals surface area (Å²) in [5.41, 5.74) is 4.94. The lowest BCUT2D eigenvalue weighted by Gasteiger charge is -2.13. The Kier molecular flexibility index (Phi) is 6.68. The predicted molar refractivity (Wildman–Crippen MR) is 142 cm³/mol. The number of fused-ring (bicyclic) bond motifs is 1. The number of aromatic amines is 1. The van der Waals surface area contributed by atoms with E-state index in [1.165, 1.54) is 12.1 Å².